The molecule has 0 aliphatic carbocycles. The molecule has 7 nitrogen and oxygen atoms in total. The zero-order valence-corrected chi connectivity index (χ0v) is 23.1. The van der Waals surface area contributed by atoms with Crippen LogP contribution in [0.5, 0.6) is 0 Å². The van der Waals surface area contributed by atoms with Crippen molar-refractivity contribution in [3.63, 3.8) is 0 Å². The number of carbonyl (C=O) groups excluding carboxylic acids is 3. The second-order valence-electron chi connectivity index (χ2n) is 10.1. The molecular formula is C32H29F3N4O3. The molecule has 10 heteroatoms. The normalized spacial score (nSPS) is 12.7. The number of ketones is 1. The van der Waals surface area contributed by atoms with Crippen molar-refractivity contribution in [3.8, 4) is 11.1 Å². The van der Waals surface area contributed by atoms with Gasteiger partial charge in [0.1, 0.15) is 5.41 Å². The molecule has 1 unspecified atom stereocenters. The van der Waals surface area contributed by atoms with E-state index in [0.29, 0.717) is 11.1 Å². The van der Waals surface area contributed by atoms with Gasteiger partial charge in [-0.15, -0.1) is 0 Å². The predicted molar refractivity (Wildman–Crippen MR) is 158 cm³/mol. The molecule has 0 aliphatic rings. The zero-order valence-electron chi connectivity index (χ0n) is 23.1. The molecule has 0 spiro atoms. The number of benzene rings is 4. The van der Waals surface area contributed by atoms with E-state index in [2.05, 4.69) is 10.6 Å². The summed E-state index contributed by atoms with van der Waals surface area (Å²) < 4.78 is 43.7. The SMILES string of the molecule is CC(=O)Nc1ccc(C(C)(c2ccc(NC(=O)c3ccc(-c4ccc(C(C)=O)cc4)cc3)c(N)c2)C(F)(F)F)cc1N. The Bertz CT molecular complexity index is 1670. The number of anilines is 4. The van der Waals surface area contributed by atoms with Crippen molar-refractivity contribution in [3.05, 3.63) is 107 Å². The van der Waals surface area contributed by atoms with Crippen LogP contribution in [0.3, 0.4) is 0 Å². The zero-order chi connectivity index (χ0) is 30.8. The molecular weight excluding hydrogens is 545 g/mol. The van der Waals surface area contributed by atoms with E-state index in [0.717, 1.165) is 18.1 Å². The average molecular weight is 575 g/mol. The van der Waals surface area contributed by atoms with Gasteiger partial charge in [0.15, 0.2) is 5.78 Å². The Hall–Kier alpha value is -5.12. The van der Waals surface area contributed by atoms with Crippen molar-refractivity contribution >= 4 is 40.3 Å². The Kier molecular flexibility index (Phi) is 8.10. The van der Waals surface area contributed by atoms with Crippen molar-refractivity contribution in [2.45, 2.75) is 32.4 Å². The van der Waals surface area contributed by atoms with E-state index in [1.54, 1.807) is 36.4 Å². The topological polar surface area (TPSA) is 127 Å². The Morgan fingerprint density at radius 3 is 1.45 bits per heavy atom. The van der Waals surface area contributed by atoms with E-state index < -0.39 is 23.4 Å². The quantitative estimate of drug-likeness (QED) is 0.143. The van der Waals surface area contributed by atoms with E-state index in [9.17, 15) is 27.6 Å². The number of carbonyl (C=O) groups is 3. The van der Waals surface area contributed by atoms with Crippen LogP contribution in [0.1, 0.15) is 52.6 Å². The molecule has 4 aromatic carbocycles. The standard InChI is InChI=1S/C32H29F3N4O3/c1-18(40)20-4-6-21(7-5-20)22-8-10-23(11-9-22)30(42)39-29-15-13-25(17-27(29)37)31(3,32(33,34)35)24-12-14-28(26(36)16-24)38-19(2)41/h4-17H,36-37H2,1-3H3,(H,38,41)(H,39,42). The number of amides is 2. The fraction of sp³-hybridized carbons (Fsp3) is 0.156. The number of hydrogen-bond acceptors (Lipinski definition) is 5. The van der Waals surface area contributed by atoms with Crippen LogP contribution in [0.25, 0.3) is 11.1 Å². The van der Waals surface area contributed by atoms with Gasteiger partial charge in [-0.05, 0) is 72.5 Å². The Labute approximate surface area is 240 Å². The van der Waals surface area contributed by atoms with E-state index >= 15 is 0 Å². The van der Waals surface area contributed by atoms with E-state index in [1.807, 2.05) is 12.1 Å². The van der Waals surface area contributed by atoms with Gasteiger partial charge < -0.3 is 22.1 Å². The molecule has 6 N–H and O–H groups in total. The molecule has 0 radical (unpaired) electrons. The van der Waals surface area contributed by atoms with Crippen LogP contribution in [-0.2, 0) is 10.2 Å². The number of nitrogens with two attached hydrogens (primary N) is 2. The summed E-state index contributed by atoms with van der Waals surface area (Å²) in [5.74, 6) is -0.936. The van der Waals surface area contributed by atoms with Crippen LogP contribution < -0.4 is 22.1 Å². The third kappa shape index (κ3) is 5.97. The summed E-state index contributed by atoms with van der Waals surface area (Å²) in [7, 11) is 0. The molecule has 0 heterocycles. The van der Waals surface area contributed by atoms with Crippen LogP contribution in [0, 0.1) is 0 Å². The minimum Gasteiger partial charge on any atom is -0.397 e. The van der Waals surface area contributed by atoms with Gasteiger partial charge in [-0.1, -0.05) is 48.5 Å². The highest BCUT2D eigenvalue weighted by Gasteiger charge is 2.53. The summed E-state index contributed by atoms with van der Waals surface area (Å²) in [5.41, 5.74) is 12.2. The summed E-state index contributed by atoms with van der Waals surface area (Å²) in [6.45, 7) is 3.77. The van der Waals surface area contributed by atoms with E-state index in [1.165, 1.54) is 50.2 Å². The lowest BCUT2D eigenvalue weighted by molar-refractivity contribution is -0.173. The van der Waals surface area contributed by atoms with Crippen LogP contribution in [0.15, 0.2) is 84.9 Å². The molecule has 4 aromatic rings. The van der Waals surface area contributed by atoms with Gasteiger partial charge in [0.2, 0.25) is 5.91 Å². The minimum atomic E-state index is -4.74. The molecule has 1 atom stereocenters. The van der Waals surface area contributed by atoms with Crippen LogP contribution in [0.4, 0.5) is 35.9 Å². The third-order valence-electron chi connectivity index (χ3n) is 7.16. The monoisotopic (exact) mass is 574 g/mol. The maximum absolute atomic E-state index is 14.6. The van der Waals surface area contributed by atoms with Gasteiger partial charge in [0.25, 0.3) is 5.91 Å². The average Bonchev–Trinajstić information content (AvgIpc) is 2.94. The summed E-state index contributed by atoms with van der Waals surface area (Å²) in [6.07, 6.45) is -4.74. The number of halogens is 3. The lowest BCUT2D eigenvalue weighted by Gasteiger charge is -2.34. The second-order valence-corrected chi connectivity index (χ2v) is 10.1. The fourth-order valence-electron chi connectivity index (χ4n) is 4.56. The lowest BCUT2D eigenvalue weighted by Crippen LogP contribution is -2.40. The first-order chi connectivity index (χ1) is 19.7. The molecule has 216 valence electrons. The van der Waals surface area contributed by atoms with Crippen molar-refractivity contribution < 1.29 is 27.6 Å². The van der Waals surface area contributed by atoms with E-state index in [4.69, 9.17) is 11.5 Å². The van der Waals surface area contributed by atoms with Gasteiger partial charge in [-0.25, -0.2) is 0 Å². The second kappa shape index (κ2) is 11.4. The highest BCUT2D eigenvalue weighted by atomic mass is 19.4. The van der Waals surface area contributed by atoms with Crippen LogP contribution in [-0.4, -0.2) is 23.8 Å². The number of nitrogens with one attached hydrogen (secondary N) is 2. The maximum Gasteiger partial charge on any atom is 0.402 e. The summed E-state index contributed by atoms with van der Waals surface area (Å²) in [4.78, 5) is 35.8. The van der Waals surface area contributed by atoms with Crippen molar-refractivity contribution in [1.29, 1.82) is 0 Å². The van der Waals surface area contributed by atoms with Crippen molar-refractivity contribution in [2.24, 2.45) is 0 Å². The first-order valence-electron chi connectivity index (χ1n) is 12.9. The Balaban J connectivity index is 1.57. The smallest absolute Gasteiger partial charge is 0.397 e. The highest BCUT2D eigenvalue weighted by molar-refractivity contribution is 6.06. The molecule has 0 bridgehead atoms. The van der Waals surface area contributed by atoms with Crippen molar-refractivity contribution in [1.82, 2.24) is 0 Å². The minimum absolute atomic E-state index is 0.0193. The number of alkyl halides is 3. The number of rotatable bonds is 7. The maximum atomic E-state index is 14.6. The Morgan fingerprint density at radius 2 is 1.07 bits per heavy atom. The fourth-order valence-corrected chi connectivity index (χ4v) is 4.56. The van der Waals surface area contributed by atoms with Crippen molar-refractivity contribution in [2.75, 3.05) is 22.1 Å². The van der Waals surface area contributed by atoms with Gasteiger partial charge in [-0.3, -0.25) is 14.4 Å². The predicted octanol–water partition coefficient (Wildman–Crippen LogP) is 6.80. The first-order valence-corrected chi connectivity index (χ1v) is 12.9. The van der Waals surface area contributed by atoms with Gasteiger partial charge in [-0.2, -0.15) is 13.2 Å². The first kappa shape index (κ1) is 29.9. The molecule has 0 saturated heterocycles. The summed E-state index contributed by atoms with van der Waals surface area (Å²) in [6, 6.07) is 21.3. The molecule has 42 heavy (non-hydrogen) atoms. The third-order valence-corrected chi connectivity index (χ3v) is 7.16. The van der Waals surface area contributed by atoms with Crippen LogP contribution in [0.2, 0.25) is 0 Å². The summed E-state index contributed by atoms with van der Waals surface area (Å²) >= 11 is 0. The summed E-state index contributed by atoms with van der Waals surface area (Å²) in [5, 5.41) is 5.13. The van der Waals surface area contributed by atoms with Gasteiger partial charge in [0.05, 0.1) is 22.7 Å². The number of hydrogen-bond donors (Lipinski definition) is 4. The number of Topliss-reactive ketones (excluding diaryl/α,β-unsaturated/α-hetero) is 1. The largest absolute Gasteiger partial charge is 0.402 e. The lowest BCUT2D eigenvalue weighted by atomic mass is 9.75. The molecule has 0 fully saturated rings. The molecule has 2 amide bonds. The van der Waals surface area contributed by atoms with Gasteiger partial charge >= 0.3 is 6.18 Å². The molecule has 4 rings (SSSR count). The highest BCUT2D eigenvalue weighted by Crippen LogP contribution is 2.48. The number of nitrogen functional groups attached to an aromatic ring is 2. The van der Waals surface area contributed by atoms with E-state index in [-0.39, 0.29) is 39.7 Å². The van der Waals surface area contributed by atoms with Gasteiger partial charge in [0, 0.05) is 18.1 Å². The molecule has 0 aliphatic heterocycles. The molecule has 0 saturated carbocycles. The Morgan fingerprint density at radius 1 is 0.643 bits per heavy atom. The van der Waals surface area contributed by atoms with Crippen LogP contribution >= 0.6 is 0 Å². The molecule has 0 aromatic heterocycles.